The van der Waals surface area contributed by atoms with Crippen molar-refractivity contribution in [2.75, 3.05) is 7.11 Å². The van der Waals surface area contributed by atoms with Crippen molar-refractivity contribution in [3.8, 4) is 16.9 Å². The van der Waals surface area contributed by atoms with E-state index in [-0.39, 0.29) is 35.8 Å². The summed E-state index contributed by atoms with van der Waals surface area (Å²) >= 11 is 0. The van der Waals surface area contributed by atoms with Gasteiger partial charge in [0.1, 0.15) is 5.75 Å². The summed E-state index contributed by atoms with van der Waals surface area (Å²) in [5.41, 5.74) is 2.75. The van der Waals surface area contributed by atoms with Gasteiger partial charge >= 0.3 is 0 Å². The fourth-order valence-corrected chi connectivity index (χ4v) is 5.45. The molecule has 0 aliphatic carbocycles. The Kier molecular flexibility index (Phi) is 5.00. The van der Waals surface area contributed by atoms with Gasteiger partial charge in [0.2, 0.25) is 11.8 Å². The first kappa shape index (κ1) is 19.8. The zero-order valence-corrected chi connectivity index (χ0v) is 17.6. The number of rotatable bonds is 4. The lowest BCUT2D eigenvalue weighted by molar-refractivity contribution is -0.142. The van der Waals surface area contributed by atoms with Gasteiger partial charge in [0.15, 0.2) is 0 Å². The molecule has 3 saturated heterocycles. The number of benzene rings is 2. The molecular weight excluding hydrogens is 392 g/mol. The number of nitrogens with zero attached hydrogens (tertiary/aromatic N) is 2. The minimum absolute atomic E-state index is 0.0437. The lowest BCUT2D eigenvalue weighted by Crippen LogP contribution is -2.53. The fraction of sp³-hybridized carbons (Fsp3) is 0.400. The van der Waals surface area contributed by atoms with E-state index >= 15 is 0 Å². The van der Waals surface area contributed by atoms with Crippen LogP contribution in [0.3, 0.4) is 0 Å². The number of methoxy groups -OCH3 is 1. The van der Waals surface area contributed by atoms with Crippen LogP contribution in [0.5, 0.6) is 5.75 Å². The van der Waals surface area contributed by atoms with Crippen molar-refractivity contribution in [2.45, 2.75) is 56.7 Å². The first-order valence-corrected chi connectivity index (χ1v) is 11.0. The number of piperidine rings is 1. The molecule has 160 valence electrons. The highest BCUT2D eigenvalue weighted by molar-refractivity contribution is 6.02. The first-order chi connectivity index (χ1) is 15.0. The van der Waals surface area contributed by atoms with Crippen molar-refractivity contribution in [2.24, 2.45) is 0 Å². The Morgan fingerprint density at radius 3 is 2.13 bits per heavy atom. The van der Waals surface area contributed by atoms with E-state index < -0.39 is 0 Å². The lowest BCUT2D eigenvalue weighted by Gasteiger charge is -2.41. The Morgan fingerprint density at radius 2 is 1.52 bits per heavy atom. The SMILES string of the molecule is COc1cccc(-c2ccc(C(=O)N3C4CCC3CC(N3C(=O)CCC3=O)C4)cc2)c1. The summed E-state index contributed by atoms with van der Waals surface area (Å²) in [6.07, 6.45) is 3.92. The van der Waals surface area contributed by atoms with Gasteiger partial charge in [0, 0.05) is 36.5 Å². The van der Waals surface area contributed by atoms with Gasteiger partial charge in [-0.2, -0.15) is 0 Å². The van der Waals surface area contributed by atoms with Crippen LogP contribution >= 0.6 is 0 Å². The molecule has 3 fully saturated rings. The average molecular weight is 418 g/mol. The molecule has 3 aliphatic heterocycles. The van der Waals surface area contributed by atoms with Crippen molar-refractivity contribution in [1.29, 1.82) is 0 Å². The quantitative estimate of drug-likeness (QED) is 0.711. The van der Waals surface area contributed by atoms with Crippen molar-refractivity contribution >= 4 is 17.7 Å². The topological polar surface area (TPSA) is 66.9 Å². The summed E-state index contributed by atoms with van der Waals surface area (Å²) in [6, 6.07) is 15.7. The highest BCUT2D eigenvalue weighted by Gasteiger charge is 2.47. The summed E-state index contributed by atoms with van der Waals surface area (Å²) in [5, 5.41) is 0. The Morgan fingerprint density at radius 1 is 0.871 bits per heavy atom. The minimum atomic E-state index is -0.0560. The number of carbonyl (C=O) groups is 3. The van der Waals surface area contributed by atoms with Crippen molar-refractivity contribution in [3.05, 3.63) is 54.1 Å². The predicted molar refractivity (Wildman–Crippen MR) is 116 cm³/mol. The van der Waals surface area contributed by atoms with E-state index in [0.29, 0.717) is 31.2 Å². The van der Waals surface area contributed by atoms with Crippen LogP contribution in [0.15, 0.2) is 48.5 Å². The highest BCUT2D eigenvalue weighted by Crippen LogP contribution is 2.40. The summed E-state index contributed by atoms with van der Waals surface area (Å²) in [4.78, 5) is 41.1. The van der Waals surface area contributed by atoms with Crippen LogP contribution < -0.4 is 4.74 Å². The van der Waals surface area contributed by atoms with Crippen molar-refractivity contribution < 1.29 is 19.1 Å². The number of hydrogen-bond donors (Lipinski definition) is 0. The number of fused-ring (bicyclic) bond motifs is 2. The van der Waals surface area contributed by atoms with E-state index in [4.69, 9.17) is 4.74 Å². The summed E-state index contributed by atoms with van der Waals surface area (Å²) in [5.74, 6) is 0.735. The molecule has 2 aromatic rings. The van der Waals surface area contributed by atoms with Crippen molar-refractivity contribution in [1.82, 2.24) is 9.80 Å². The Labute approximate surface area is 181 Å². The van der Waals surface area contributed by atoms with Crippen LogP contribution in [0.4, 0.5) is 0 Å². The Hall–Kier alpha value is -3.15. The van der Waals surface area contributed by atoms with E-state index in [1.807, 2.05) is 53.4 Å². The molecule has 2 aromatic carbocycles. The van der Waals surface area contributed by atoms with Gasteiger partial charge in [-0.1, -0.05) is 24.3 Å². The van der Waals surface area contributed by atoms with Crippen LogP contribution in [-0.2, 0) is 9.59 Å². The van der Waals surface area contributed by atoms with Gasteiger partial charge in [-0.25, -0.2) is 0 Å². The molecule has 0 N–H and O–H groups in total. The zero-order chi connectivity index (χ0) is 21.5. The van der Waals surface area contributed by atoms with Gasteiger partial charge in [-0.15, -0.1) is 0 Å². The monoisotopic (exact) mass is 418 g/mol. The summed E-state index contributed by atoms with van der Waals surface area (Å²) < 4.78 is 5.30. The second kappa shape index (κ2) is 7.84. The van der Waals surface area contributed by atoms with Crippen molar-refractivity contribution in [3.63, 3.8) is 0 Å². The second-order valence-electron chi connectivity index (χ2n) is 8.69. The second-order valence-corrected chi connectivity index (χ2v) is 8.69. The Bertz CT molecular complexity index is 1000. The number of imide groups is 1. The maximum Gasteiger partial charge on any atom is 0.254 e. The van der Waals surface area contributed by atoms with Crippen LogP contribution in [0, 0.1) is 0 Å². The molecule has 2 atom stereocenters. The minimum Gasteiger partial charge on any atom is -0.497 e. The number of likely N-dealkylation sites (tertiary alicyclic amines) is 1. The van der Waals surface area contributed by atoms with Gasteiger partial charge in [0.05, 0.1) is 7.11 Å². The predicted octanol–water partition coefficient (Wildman–Crippen LogP) is 3.65. The molecule has 3 aliphatic rings. The molecule has 2 bridgehead atoms. The molecule has 2 unspecified atom stereocenters. The molecule has 6 heteroatoms. The van der Waals surface area contributed by atoms with E-state index in [2.05, 4.69) is 0 Å². The molecule has 3 heterocycles. The zero-order valence-electron chi connectivity index (χ0n) is 17.6. The first-order valence-electron chi connectivity index (χ1n) is 11.0. The molecule has 0 aromatic heterocycles. The highest BCUT2D eigenvalue weighted by atomic mass is 16.5. The molecule has 5 rings (SSSR count). The van der Waals surface area contributed by atoms with Crippen LogP contribution in [0.2, 0.25) is 0 Å². The van der Waals surface area contributed by atoms with Gasteiger partial charge in [0.25, 0.3) is 5.91 Å². The maximum atomic E-state index is 13.3. The molecule has 31 heavy (non-hydrogen) atoms. The van der Waals surface area contributed by atoms with E-state index in [9.17, 15) is 14.4 Å². The third-order valence-corrected chi connectivity index (χ3v) is 6.93. The normalized spacial score (nSPS) is 25.3. The molecule has 3 amide bonds. The van der Waals surface area contributed by atoms with E-state index in [1.165, 1.54) is 4.90 Å². The standard InChI is InChI=1S/C25H26N2O4/c1-31-22-4-2-3-18(13-22)16-5-7-17(8-6-16)25(30)26-19-9-10-20(26)15-21(14-19)27-23(28)11-12-24(27)29/h2-8,13,19-21H,9-12,14-15H2,1H3. The van der Waals surface area contributed by atoms with Gasteiger partial charge < -0.3 is 9.64 Å². The number of carbonyl (C=O) groups excluding carboxylic acids is 3. The van der Waals surface area contributed by atoms with Crippen LogP contribution in [-0.4, -0.2) is 52.8 Å². The van der Waals surface area contributed by atoms with Crippen LogP contribution in [0.1, 0.15) is 48.9 Å². The smallest absolute Gasteiger partial charge is 0.254 e. The molecular formula is C25H26N2O4. The van der Waals surface area contributed by atoms with Gasteiger partial charge in [-0.3, -0.25) is 19.3 Å². The van der Waals surface area contributed by atoms with E-state index in [1.54, 1.807) is 7.11 Å². The molecule has 0 radical (unpaired) electrons. The summed E-state index contributed by atoms with van der Waals surface area (Å²) in [7, 11) is 1.65. The number of ether oxygens (including phenoxy) is 1. The third-order valence-electron chi connectivity index (χ3n) is 6.93. The fourth-order valence-electron chi connectivity index (χ4n) is 5.45. The summed E-state index contributed by atoms with van der Waals surface area (Å²) in [6.45, 7) is 0. The molecule has 0 saturated carbocycles. The van der Waals surface area contributed by atoms with E-state index in [0.717, 1.165) is 29.7 Å². The number of amides is 3. The maximum absolute atomic E-state index is 13.3. The van der Waals surface area contributed by atoms with Crippen LogP contribution in [0.25, 0.3) is 11.1 Å². The lowest BCUT2D eigenvalue weighted by atomic mass is 9.94. The number of hydrogen-bond acceptors (Lipinski definition) is 4. The third kappa shape index (κ3) is 3.50. The Balaban J connectivity index is 1.32. The molecule has 0 spiro atoms. The molecule has 6 nitrogen and oxygen atoms in total. The average Bonchev–Trinajstić information content (AvgIpc) is 3.27. The van der Waals surface area contributed by atoms with Gasteiger partial charge in [-0.05, 0) is 61.1 Å². The largest absolute Gasteiger partial charge is 0.497 e.